The molecule has 0 aromatic rings. The van der Waals surface area contributed by atoms with Crippen LogP contribution in [0.1, 0.15) is 32.6 Å². The van der Waals surface area contributed by atoms with E-state index in [4.69, 9.17) is 0 Å². The molecule has 2 N–H and O–H groups in total. The van der Waals surface area contributed by atoms with Crippen molar-refractivity contribution < 1.29 is 0 Å². The summed E-state index contributed by atoms with van der Waals surface area (Å²) in [5.41, 5.74) is 0. The summed E-state index contributed by atoms with van der Waals surface area (Å²) in [6.07, 6.45) is 5.25. The Kier molecular flexibility index (Phi) is 4.87. The van der Waals surface area contributed by atoms with Crippen LogP contribution in [-0.4, -0.2) is 19.5 Å². The summed E-state index contributed by atoms with van der Waals surface area (Å²) < 4.78 is 0. The van der Waals surface area contributed by atoms with Crippen LogP contribution in [0.25, 0.3) is 0 Å². The molecule has 1 heterocycles. The van der Waals surface area contributed by atoms with Gasteiger partial charge < -0.3 is 0 Å². The quantitative estimate of drug-likeness (QED) is 0.593. The number of azo groups is 1. The molecule has 4 nitrogen and oxygen atoms in total. The predicted octanol–water partition coefficient (Wildman–Crippen LogP) is 1.45. The first kappa shape index (κ1) is 9.61. The average Bonchev–Trinajstić information content (AvgIpc) is 2.57. The predicted molar refractivity (Wildman–Crippen MR) is 48.8 cm³/mol. The van der Waals surface area contributed by atoms with Crippen molar-refractivity contribution in [2.75, 3.05) is 13.2 Å². The van der Waals surface area contributed by atoms with Crippen molar-refractivity contribution in [1.29, 1.82) is 0 Å². The monoisotopic (exact) mass is 170 g/mol. The van der Waals surface area contributed by atoms with E-state index in [1.54, 1.807) is 0 Å². The zero-order valence-electron chi connectivity index (χ0n) is 7.71. The molecule has 1 rings (SSSR count). The first-order chi connectivity index (χ1) is 5.93. The normalized spacial score (nSPS) is 21.9. The molecule has 1 unspecified atom stereocenters. The van der Waals surface area contributed by atoms with E-state index in [9.17, 15) is 0 Å². The standard InChI is InChI=1S/C8H18N4/c1-2-3-4-5-6-9-8-10-7-11-12-8/h8-10H,2-7H2,1H3. The van der Waals surface area contributed by atoms with Gasteiger partial charge in [-0.05, 0) is 13.0 Å². The smallest absolute Gasteiger partial charge is 0.175 e. The fraction of sp³-hybridized carbons (Fsp3) is 1.00. The van der Waals surface area contributed by atoms with E-state index >= 15 is 0 Å². The molecule has 1 atom stereocenters. The maximum atomic E-state index is 3.96. The van der Waals surface area contributed by atoms with Gasteiger partial charge in [0, 0.05) is 0 Å². The summed E-state index contributed by atoms with van der Waals surface area (Å²) >= 11 is 0. The molecule has 0 spiro atoms. The van der Waals surface area contributed by atoms with E-state index < -0.39 is 0 Å². The molecule has 0 saturated heterocycles. The first-order valence-electron chi connectivity index (χ1n) is 4.77. The van der Waals surface area contributed by atoms with Crippen LogP contribution in [0, 0.1) is 0 Å². The van der Waals surface area contributed by atoms with Gasteiger partial charge in [0.25, 0.3) is 0 Å². The first-order valence-corrected chi connectivity index (χ1v) is 4.77. The van der Waals surface area contributed by atoms with Crippen molar-refractivity contribution in [3.8, 4) is 0 Å². The molecule has 0 aromatic heterocycles. The Morgan fingerprint density at radius 3 is 3.00 bits per heavy atom. The molecule has 0 fully saturated rings. The number of unbranched alkanes of at least 4 members (excludes halogenated alkanes) is 3. The third-order valence-corrected chi connectivity index (χ3v) is 1.92. The maximum Gasteiger partial charge on any atom is 0.175 e. The van der Waals surface area contributed by atoms with Gasteiger partial charge in [-0.1, -0.05) is 26.2 Å². The van der Waals surface area contributed by atoms with Crippen molar-refractivity contribution in [3.63, 3.8) is 0 Å². The summed E-state index contributed by atoms with van der Waals surface area (Å²) in [6.45, 7) is 3.92. The molecule has 0 amide bonds. The van der Waals surface area contributed by atoms with Crippen LogP contribution in [0.2, 0.25) is 0 Å². The Bertz CT molecular complexity index is 135. The third kappa shape index (κ3) is 3.78. The second-order valence-corrected chi connectivity index (χ2v) is 3.04. The SMILES string of the molecule is CCCCCCNC1N=NCN1. The molecule has 0 aliphatic carbocycles. The van der Waals surface area contributed by atoms with E-state index in [1.165, 1.54) is 25.7 Å². The molecule has 12 heavy (non-hydrogen) atoms. The van der Waals surface area contributed by atoms with Crippen molar-refractivity contribution >= 4 is 0 Å². The summed E-state index contributed by atoms with van der Waals surface area (Å²) in [5, 5.41) is 14.2. The number of hydrogen-bond acceptors (Lipinski definition) is 4. The fourth-order valence-electron chi connectivity index (χ4n) is 1.19. The summed E-state index contributed by atoms with van der Waals surface area (Å²) in [4.78, 5) is 0. The number of nitrogens with zero attached hydrogens (tertiary/aromatic N) is 2. The largest absolute Gasteiger partial charge is 0.282 e. The Hall–Kier alpha value is -0.480. The lowest BCUT2D eigenvalue weighted by atomic mass is 10.2. The van der Waals surface area contributed by atoms with Crippen LogP contribution >= 0.6 is 0 Å². The lowest BCUT2D eigenvalue weighted by molar-refractivity contribution is 0.469. The van der Waals surface area contributed by atoms with Gasteiger partial charge in [0.1, 0.15) is 6.67 Å². The highest BCUT2D eigenvalue weighted by molar-refractivity contribution is 4.63. The van der Waals surface area contributed by atoms with Crippen molar-refractivity contribution in [1.82, 2.24) is 10.6 Å². The summed E-state index contributed by atoms with van der Waals surface area (Å²) in [5.74, 6) is 0. The Morgan fingerprint density at radius 1 is 1.42 bits per heavy atom. The molecule has 1 aliphatic heterocycles. The molecular weight excluding hydrogens is 152 g/mol. The maximum absolute atomic E-state index is 3.96. The topological polar surface area (TPSA) is 48.8 Å². The highest BCUT2D eigenvalue weighted by atomic mass is 15.4. The third-order valence-electron chi connectivity index (χ3n) is 1.92. The van der Waals surface area contributed by atoms with Crippen LogP contribution in [0.4, 0.5) is 0 Å². The van der Waals surface area contributed by atoms with Crippen LogP contribution in [-0.2, 0) is 0 Å². The van der Waals surface area contributed by atoms with Crippen molar-refractivity contribution in [2.45, 2.75) is 38.9 Å². The lowest BCUT2D eigenvalue weighted by Crippen LogP contribution is -2.37. The van der Waals surface area contributed by atoms with Gasteiger partial charge in [-0.15, -0.1) is 0 Å². The minimum absolute atomic E-state index is 0.0756. The second kappa shape index (κ2) is 6.08. The molecule has 4 heteroatoms. The molecule has 0 aromatic carbocycles. The van der Waals surface area contributed by atoms with Gasteiger partial charge in [0.05, 0.1) is 0 Å². The second-order valence-electron chi connectivity index (χ2n) is 3.04. The van der Waals surface area contributed by atoms with Gasteiger partial charge in [-0.2, -0.15) is 10.2 Å². The average molecular weight is 170 g/mol. The van der Waals surface area contributed by atoms with Gasteiger partial charge in [0.15, 0.2) is 6.29 Å². The van der Waals surface area contributed by atoms with Crippen molar-refractivity contribution in [3.05, 3.63) is 0 Å². The number of nitrogens with one attached hydrogen (secondary N) is 2. The fourth-order valence-corrected chi connectivity index (χ4v) is 1.19. The molecule has 70 valence electrons. The van der Waals surface area contributed by atoms with E-state index in [2.05, 4.69) is 27.8 Å². The Balaban J connectivity index is 1.85. The number of hydrogen-bond donors (Lipinski definition) is 2. The molecule has 1 aliphatic rings. The van der Waals surface area contributed by atoms with Crippen LogP contribution in [0.5, 0.6) is 0 Å². The molecule has 0 bridgehead atoms. The highest BCUT2D eigenvalue weighted by Gasteiger charge is 2.07. The highest BCUT2D eigenvalue weighted by Crippen LogP contribution is 1.98. The number of rotatable bonds is 6. The lowest BCUT2D eigenvalue weighted by Gasteiger charge is -2.07. The van der Waals surface area contributed by atoms with Crippen molar-refractivity contribution in [2.24, 2.45) is 10.2 Å². The summed E-state index contributed by atoms with van der Waals surface area (Å²) in [6, 6.07) is 0. The molecule has 0 saturated carbocycles. The van der Waals surface area contributed by atoms with E-state index in [0.29, 0.717) is 6.67 Å². The van der Waals surface area contributed by atoms with E-state index in [1.807, 2.05) is 0 Å². The Labute approximate surface area is 73.8 Å². The van der Waals surface area contributed by atoms with Crippen LogP contribution < -0.4 is 10.6 Å². The van der Waals surface area contributed by atoms with Crippen LogP contribution in [0.15, 0.2) is 10.2 Å². The molecule has 0 radical (unpaired) electrons. The van der Waals surface area contributed by atoms with Gasteiger partial charge in [-0.25, -0.2) is 0 Å². The zero-order chi connectivity index (χ0) is 8.65. The Morgan fingerprint density at radius 2 is 2.33 bits per heavy atom. The van der Waals surface area contributed by atoms with E-state index in [-0.39, 0.29) is 6.29 Å². The van der Waals surface area contributed by atoms with E-state index in [0.717, 1.165) is 6.54 Å². The summed E-state index contributed by atoms with van der Waals surface area (Å²) in [7, 11) is 0. The van der Waals surface area contributed by atoms with Gasteiger partial charge in [-0.3, -0.25) is 10.6 Å². The zero-order valence-corrected chi connectivity index (χ0v) is 7.71. The van der Waals surface area contributed by atoms with Crippen LogP contribution in [0.3, 0.4) is 0 Å². The molecular formula is C8H18N4. The van der Waals surface area contributed by atoms with Gasteiger partial charge >= 0.3 is 0 Å². The van der Waals surface area contributed by atoms with Gasteiger partial charge in [0.2, 0.25) is 0 Å². The minimum Gasteiger partial charge on any atom is -0.282 e. The minimum atomic E-state index is 0.0756.